The Balaban J connectivity index is 4.01. The van der Waals surface area contributed by atoms with E-state index in [0.29, 0.717) is 17.4 Å². The number of likely N-dealkylation sites (N-methyl/N-ethyl adjacent to an activating group) is 1. The van der Waals surface area contributed by atoms with E-state index in [9.17, 15) is 19.5 Å². The first-order chi connectivity index (χ1) is 42.1. The van der Waals surface area contributed by atoms with Crippen LogP contribution in [0.25, 0.3) is 0 Å². The molecule has 2 unspecified atom stereocenters. The van der Waals surface area contributed by atoms with E-state index in [1.165, 1.54) is 321 Å². The molecule has 0 aromatic carbocycles. The Hall–Kier alpha value is -2.23. The van der Waals surface area contributed by atoms with Crippen LogP contribution in [0.4, 0.5) is 0 Å². The maximum absolute atomic E-state index is 13.0. The lowest BCUT2D eigenvalue weighted by atomic mass is 10.0. The smallest absolute Gasteiger partial charge is 0.361 e. The zero-order valence-corrected chi connectivity index (χ0v) is 58.3. The number of hydrogen-bond donors (Lipinski definition) is 1. The Morgan fingerprint density at radius 3 is 0.919 bits per heavy atom. The van der Waals surface area contributed by atoms with Crippen molar-refractivity contribution in [1.82, 2.24) is 0 Å². The lowest BCUT2D eigenvalue weighted by Gasteiger charge is -2.25. The summed E-state index contributed by atoms with van der Waals surface area (Å²) in [4.78, 5) is 37.7. The highest BCUT2D eigenvalue weighted by molar-refractivity contribution is 5.71. The zero-order chi connectivity index (χ0) is 62.6. The van der Waals surface area contributed by atoms with Gasteiger partial charge in [-0.05, 0) is 44.9 Å². The third kappa shape index (κ3) is 69.2. The number of carboxylic acids is 1. The molecule has 2 atom stereocenters. The van der Waals surface area contributed by atoms with Crippen molar-refractivity contribution in [3.05, 3.63) is 24.3 Å². The van der Waals surface area contributed by atoms with E-state index in [1.54, 1.807) is 0 Å². The molecule has 0 fully saturated rings. The zero-order valence-electron chi connectivity index (χ0n) is 58.3. The standard InChI is InChI=1S/C77H147NO8/c1-6-8-10-12-14-16-18-20-22-24-26-28-30-32-34-36-38-40-42-44-46-48-50-52-54-56-58-60-62-64-66-68-75(80)86-73(72-85-77(76(81)82)83-70-69-78(3,4)5)71-84-74(79)67-65-63-61-59-57-55-53-51-49-47-45-43-41-39-37-35-33-31-29-27-25-23-21-19-17-15-13-11-9-7-2/h18,20,24,26,73,77H,6-17,19,21-23,25,27-72H2,1-5H3/p+1/b20-18-,26-24-. The molecule has 0 amide bonds. The average molecular weight is 1220 g/mol. The van der Waals surface area contributed by atoms with Gasteiger partial charge in [-0.2, -0.15) is 0 Å². The maximum atomic E-state index is 13.0. The highest BCUT2D eigenvalue weighted by Crippen LogP contribution is 2.20. The highest BCUT2D eigenvalue weighted by Gasteiger charge is 2.25. The SMILES string of the molecule is CCCCCCC/C=C\C/C=C\CCCCCCCCCCCCCCCCCCCCCC(=O)OC(COC(=O)CCCCCCCCCCCCCCCCCCCCCCCCCCCCCCCC)COC(OCC[N+](C)(C)C)C(=O)O. The van der Waals surface area contributed by atoms with Crippen molar-refractivity contribution in [3.8, 4) is 0 Å². The van der Waals surface area contributed by atoms with Gasteiger partial charge in [0.25, 0.3) is 6.29 Å². The molecule has 0 saturated carbocycles. The van der Waals surface area contributed by atoms with Gasteiger partial charge in [0.15, 0.2) is 6.10 Å². The lowest BCUT2D eigenvalue weighted by molar-refractivity contribution is -0.870. The molecule has 0 saturated heterocycles. The van der Waals surface area contributed by atoms with Crippen molar-refractivity contribution in [1.29, 1.82) is 0 Å². The molecular formula is C77H148NO8+. The number of quaternary nitrogens is 1. The van der Waals surface area contributed by atoms with E-state index in [1.807, 2.05) is 21.1 Å². The predicted octanol–water partition coefficient (Wildman–Crippen LogP) is 23.8. The van der Waals surface area contributed by atoms with Crippen LogP contribution in [-0.4, -0.2) is 87.4 Å². The fourth-order valence-electron chi connectivity index (χ4n) is 11.6. The second-order valence-electron chi connectivity index (χ2n) is 27.3. The normalized spacial score (nSPS) is 12.7. The molecule has 1 N–H and O–H groups in total. The Morgan fingerprint density at radius 2 is 0.628 bits per heavy atom. The van der Waals surface area contributed by atoms with Crippen LogP contribution in [-0.2, 0) is 33.3 Å². The number of carboxylic acid groups (broad SMARTS) is 1. The minimum absolute atomic E-state index is 0.174. The molecule has 0 aromatic heterocycles. The summed E-state index contributed by atoms with van der Waals surface area (Å²) in [5.74, 6) is -1.97. The van der Waals surface area contributed by atoms with E-state index in [2.05, 4.69) is 38.2 Å². The van der Waals surface area contributed by atoms with E-state index < -0.39 is 18.4 Å². The van der Waals surface area contributed by atoms with Crippen LogP contribution in [0.1, 0.15) is 393 Å². The summed E-state index contributed by atoms with van der Waals surface area (Å²) in [6, 6.07) is 0. The summed E-state index contributed by atoms with van der Waals surface area (Å²) >= 11 is 0. The van der Waals surface area contributed by atoms with Gasteiger partial charge in [-0.1, -0.05) is 359 Å². The van der Waals surface area contributed by atoms with Gasteiger partial charge in [-0.25, -0.2) is 4.79 Å². The number of esters is 2. The largest absolute Gasteiger partial charge is 0.477 e. The van der Waals surface area contributed by atoms with E-state index >= 15 is 0 Å². The molecule has 9 heteroatoms. The Kier molecular flexibility index (Phi) is 66.9. The molecule has 9 nitrogen and oxygen atoms in total. The minimum atomic E-state index is -1.51. The van der Waals surface area contributed by atoms with Crippen LogP contribution in [0.3, 0.4) is 0 Å². The van der Waals surface area contributed by atoms with Gasteiger partial charge >= 0.3 is 17.9 Å². The molecular weight excluding hydrogens is 1070 g/mol. The van der Waals surface area contributed by atoms with Crippen molar-refractivity contribution in [2.45, 2.75) is 405 Å². The number of carbonyl (C=O) groups excluding carboxylic acids is 2. The third-order valence-electron chi connectivity index (χ3n) is 17.5. The molecule has 508 valence electrons. The van der Waals surface area contributed by atoms with Crippen molar-refractivity contribution in [2.24, 2.45) is 0 Å². The maximum Gasteiger partial charge on any atom is 0.361 e. The molecule has 0 rings (SSSR count). The fourth-order valence-corrected chi connectivity index (χ4v) is 11.6. The fraction of sp³-hybridized carbons (Fsp3) is 0.909. The number of nitrogens with zero attached hydrogens (tertiary/aromatic N) is 1. The van der Waals surface area contributed by atoms with E-state index in [-0.39, 0.29) is 38.2 Å². The number of ether oxygens (including phenoxy) is 4. The number of rotatable bonds is 72. The van der Waals surface area contributed by atoms with Gasteiger partial charge in [0, 0.05) is 12.8 Å². The van der Waals surface area contributed by atoms with Gasteiger partial charge in [0.05, 0.1) is 34.4 Å². The topological polar surface area (TPSA) is 108 Å². The first kappa shape index (κ1) is 83.8. The monoisotopic (exact) mass is 1220 g/mol. The lowest BCUT2D eigenvalue weighted by Crippen LogP contribution is -2.40. The van der Waals surface area contributed by atoms with Crippen molar-refractivity contribution in [3.63, 3.8) is 0 Å². The first-order valence-corrected chi connectivity index (χ1v) is 38.0. The average Bonchev–Trinajstić information content (AvgIpc) is 3.64. The first-order valence-electron chi connectivity index (χ1n) is 38.0. The third-order valence-corrected chi connectivity index (χ3v) is 17.5. The number of hydrogen-bond acceptors (Lipinski definition) is 7. The Morgan fingerprint density at radius 1 is 0.349 bits per heavy atom. The van der Waals surface area contributed by atoms with E-state index in [0.717, 1.165) is 44.9 Å². The molecule has 0 radical (unpaired) electrons. The molecule has 0 aromatic rings. The van der Waals surface area contributed by atoms with Gasteiger partial charge in [0.2, 0.25) is 0 Å². The second-order valence-corrected chi connectivity index (χ2v) is 27.3. The van der Waals surface area contributed by atoms with Gasteiger partial charge in [-0.3, -0.25) is 9.59 Å². The predicted molar refractivity (Wildman–Crippen MR) is 369 cm³/mol. The summed E-state index contributed by atoms with van der Waals surface area (Å²) in [5.41, 5.74) is 0. The molecule has 0 spiro atoms. The highest BCUT2D eigenvalue weighted by atomic mass is 16.7. The molecule has 86 heavy (non-hydrogen) atoms. The summed E-state index contributed by atoms with van der Waals surface area (Å²) in [7, 11) is 6.00. The summed E-state index contributed by atoms with van der Waals surface area (Å²) in [6.07, 6.45) is 83.2. The molecule has 0 aliphatic rings. The van der Waals surface area contributed by atoms with Gasteiger partial charge < -0.3 is 28.5 Å². The number of carbonyl (C=O) groups is 3. The Bertz CT molecular complexity index is 1460. The van der Waals surface area contributed by atoms with Crippen LogP contribution >= 0.6 is 0 Å². The van der Waals surface area contributed by atoms with Crippen LogP contribution < -0.4 is 0 Å². The molecule has 0 aliphatic heterocycles. The van der Waals surface area contributed by atoms with Gasteiger partial charge in [-0.15, -0.1) is 0 Å². The van der Waals surface area contributed by atoms with Crippen LogP contribution in [0, 0.1) is 0 Å². The number of aliphatic carboxylic acids is 1. The van der Waals surface area contributed by atoms with Crippen LogP contribution in [0.15, 0.2) is 24.3 Å². The Labute approximate surface area is 535 Å². The minimum Gasteiger partial charge on any atom is -0.477 e. The van der Waals surface area contributed by atoms with E-state index in [4.69, 9.17) is 18.9 Å². The van der Waals surface area contributed by atoms with Crippen LogP contribution in [0.5, 0.6) is 0 Å². The summed E-state index contributed by atoms with van der Waals surface area (Å²) < 4.78 is 23.0. The number of allylic oxidation sites excluding steroid dienone is 4. The van der Waals surface area contributed by atoms with Crippen molar-refractivity contribution >= 4 is 17.9 Å². The molecule has 0 bridgehead atoms. The van der Waals surface area contributed by atoms with Crippen molar-refractivity contribution in [2.75, 3.05) is 47.5 Å². The number of unbranched alkanes of at least 4 members (excludes halogenated alkanes) is 53. The molecule has 0 aliphatic carbocycles. The quantitative estimate of drug-likeness (QED) is 0.0211. The summed E-state index contributed by atoms with van der Waals surface area (Å²) in [6.45, 7) is 4.95. The molecule has 0 heterocycles. The van der Waals surface area contributed by atoms with Crippen molar-refractivity contribution < 1.29 is 42.9 Å². The summed E-state index contributed by atoms with van der Waals surface area (Å²) in [5, 5.41) is 9.76. The van der Waals surface area contributed by atoms with Crippen LogP contribution in [0.2, 0.25) is 0 Å². The second kappa shape index (κ2) is 68.7. The van der Waals surface area contributed by atoms with Gasteiger partial charge in [0.1, 0.15) is 13.2 Å².